The minimum atomic E-state index is 0.862. The van der Waals surface area contributed by atoms with Crippen molar-refractivity contribution in [1.82, 2.24) is 19.7 Å². The number of hydrogen-bond donors (Lipinski definition) is 1. The zero-order valence-electron chi connectivity index (χ0n) is 10.8. The molecular formula is C12H17N5S. The van der Waals surface area contributed by atoms with Crippen LogP contribution >= 0.6 is 11.8 Å². The molecule has 0 radical (unpaired) electrons. The second-order valence-corrected chi connectivity index (χ2v) is 4.90. The zero-order valence-corrected chi connectivity index (χ0v) is 11.7. The summed E-state index contributed by atoms with van der Waals surface area (Å²) >= 11 is 1.63. The number of nitrogens with zero attached hydrogens (tertiary/aromatic N) is 4. The van der Waals surface area contributed by atoms with Crippen LogP contribution < -0.4 is 5.32 Å². The molecule has 5 nitrogen and oxygen atoms in total. The van der Waals surface area contributed by atoms with Gasteiger partial charge in [-0.2, -0.15) is 5.10 Å². The summed E-state index contributed by atoms with van der Waals surface area (Å²) in [6.45, 7) is 5.04. The molecule has 0 unspecified atom stereocenters. The lowest BCUT2D eigenvalue weighted by atomic mass is 10.2. The molecule has 6 heteroatoms. The molecule has 2 aromatic rings. The molecule has 0 aliphatic heterocycles. The van der Waals surface area contributed by atoms with Crippen LogP contribution in [0.3, 0.4) is 0 Å². The van der Waals surface area contributed by atoms with Crippen molar-refractivity contribution in [3.05, 3.63) is 24.3 Å². The number of nitrogens with one attached hydrogen (secondary N) is 1. The number of aromatic nitrogens is 4. The number of rotatable bonds is 5. The van der Waals surface area contributed by atoms with E-state index in [2.05, 4.69) is 34.2 Å². The molecule has 0 bridgehead atoms. The van der Waals surface area contributed by atoms with Crippen LogP contribution in [0, 0.1) is 0 Å². The normalized spacial score (nSPS) is 10.6. The first-order valence-electron chi connectivity index (χ1n) is 5.98. The molecular weight excluding hydrogens is 246 g/mol. The van der Waals surface area contributed by atoms with Gasteiger partial charge >= 0.3 is 0 Å². The fraction of sp³-hybridized carbons (Fsp3) is 0.417. The molecule has 2 rings (SSSR count). The Bertz CT molecular complexity index is 523. The van der Waals surface area contributed by atoms with E-state index in [1.807, 2.05) is 19.4 Å². The van der Waals surface area contributed by atoms with E-state index < -0.39 is 0 Å². The summed E-state index contributed by atoms with van der Waals surface area (Å²) in [6.07, 6.45) is 6.35. The van der Waals surface area contributed by atoms with Crippen molar-refractivity contribution in [3.63, 3.8) is 0 Å². The summed E-state index contributed by atoms with van der Waals surface area (Å²) < 4.78 is 1.79. The Morgan fingerprint density at radius 3 is 2.78 bits per heavy atom. The Labute approximate surface area is 111 Å². The van der Waals surface area contributed by atoms with E-state index in [9.17, 15) is 0 Å². The van der Waals surface area contributed by atoms with Gasteiger partial charge in [0.15, 0.2) is 0 Å². The second-order valence-electron chi connectivity index (χ2n) is 3.84. The minimum absolute atomic E-state index is 0.862. The van der Waals surface area contributed by atoms with Crippen molar-refractivity contribution in [2.45, 2.75) is 30.2 Å². The molecule has 0 atom stereocenters. The summed E-state index contributed by atoms with van der Waals surface area (Å²) in [6, 6.07) is 0. The lowest BCUT2D eigenvalue weighted by Gasteiger charge is -2.10. The van der Waals surface area contributed by atoms with E-state index in [1.165, 1.54) is 0 Å². The largest absolute Gasteiger partial charge is 0.370 e. The summed E-state index contributed by atoms with van der Waals surface area (Å²) in [7, 11) is 1.91. The molecule has 0 aliphatic carbocycles. The van der Waals surface area contributed by atoms with E-state index in [0.717, 1.165) is 34.3 Å². The van der Waals surface area contributed by atoms with Gasteiger partial charge in [-0.05, 0) is 13.3 Å². The van der Waals surface area contributed by atoms with Crippen molar-refractivity contribution in [3.8, 4) is 0 Å². The Kier molecular flexibility index (Phi) is 4.19. The van der Waals surface area contributed by atoms with Crippen LogP contribution in [-0.2, 0) is 13.5 Å². The van der Waals surface area contributed by atoms with Gasteiger partial charge in [0, 0.05) is 25.4 Å². The molecule has 0 spiro atoms. The van der Waals surface area contributed by atoms with Crippen molar-refractivity contribution < 1.29 is 0 Å². The topological polar surface area (TPSA) is 55.6 Å². The molecule has 0 aromatic carbocycles. The number of anilines is 1. The predicted molar refractivity (Wildman–Crippen MR) is 72.9 cm³/mol. The van der Waals surface area contributed by atoms with Gasteiger partial charge in [-0.25, -0.2) is 9.97 Å². The standard InChI is InChI=1S/C12H17N5S/c1-4-10-11(13-5-2)14-8-15-12(10)18-9-6-16-17(3)7-9/h6-8H,4-5H2,1-3H3,(H,13,14,15). The molecule has 0 aliphatic rings. The van der Waals surface area contributed by atoms with Gasteiger partial charge in [0.1, 0.15) is 17.2 Å². The molecule has 0 fully saturated rings. The number of aryl methyl sites for hydroxylation is 1. The van der Waals surface area contributed by atoms with Crippen LogP contribution in [0.1, 0.15) is 19.4 Å². The molecule has 0 saturated carbocycles. The van der Waals surface area contributed by atoms with Gasteiger partial charge in [0.05, 0.1) is 11.1 Å². The third-order valence-electron chi connectivity index (χ3n) is 2.50. The van der Waals surface area contributed by atoms with Crippen LogP contribution in [0.2, 0.25) is 0 Å². The SMILES string of the molecule is CCNc1ncnc(Sc2cnn(C)c2)c1CC. The van der Waals surface area contributed by atoms with E-state index in [0.29, 0.717) is 0 Å². The molecule has 1 N–H and O–H groups in total. The Hall–Kier alpha value is -1.56. The van der Waals surface area contributed by atoms with E-state index >= 15 is 0 Å². The highest BCUT2D eigenvalue weighted by atomic mass is 32.2. The first-order chi connectivity index (χ1) is 8.74. The highest BCUT2D eigenvalue weighted by molar-refractivity contribution is 7.99. The Balaban J connectivity index is 2.29. The zero-order chi connectivity index (χ0) is 13.0. The lowest BCUT2D eigenvalue weighted by Crippen LogP contribution is -2.05. The van der Waals surface area contributed by atoms with Crippen molar-refractivity contribution in [2.75, 3.05) is 11.9 Å². The second kappa shape index (κ2) is 5.86. The lowest BCUT2D eigenvalue weighted by molar-refractivity contribution is 0.766. The van der Waals surface area contributed by atoms with Crippen molar-refractivity contribution >= 4 is 17.6 Å². The highest BCUT2D eigenvalue weighted by Crippen LogP contribution is 2.30. The molecule has 0 amide bonds. The maximum atomic E-state index is 4.37. The van der Waals surface area contributed by atoms with Gasteiger partial charge < -0.3 is 5.32 Å². The predicted octanol–water partition coefficient (Wildman–Crippen LogP) is 2.36. The smallest absolute Gasteiger partial charge is 0.133 e. The van der Waals surface area contributed by atoms with Crippen molar-refractivity contribution in [2.24, 2.45) is 7.05 Å². The maximum absolute atomic E-state index is 4.37. The highest BCUT2D eigenvalue weighted by Gasteiger charge is 2.11. The molecule has 2 heterocycles. The van der Waals surface area contributed by atoms with Gasteiger partial charge in [-0.3, -0.25) is 4.68 Å². The maximum Gasteiger partial charge on any atom is 0.133 e. The van der Waals surface area contributed by atoms with Crippen molar-refractivity contribution in [1.29, 1.82) is 0 Å². The quantitative estimate of drug-likeness (QED) is 0.839. The first-order valence-corrected chi connectivity index (χ1v) is 6.80. The average Bonchev–Trinajstić information content (AvgIpc) is 2.76. The van der Waals surface area contributed by atoms with Gasteiger partial charge in [0.25, 0.3) is 0 Å². The molecule has 18 heavy (non-hydrogen) atoms. The molecule has 96 valence electrons. The summed E-state index contributed by atoms with van der Waals surface area (Å²) in [4.78, 5) is 9.75. The Morgan fingerprint density at radius 1 is 1.33 bits per heavy atom. The molecule has 2 aromatic heterocycles. The van der Waals surface area contributed by atoms with Crippen LogP contribution in [0.15, 0.2) is 28.6 Å². The van der Waals surface area contributed by atoms with Crippen LogP contribution in [-0.4, -0.2) is 26.3 Å². The number of hydrogen-bond acceptors (Lipinski definition) is 5. The summed E-state index contributed by atoms with van der Waals surface area (Å²) in [5, 5.41) is 8.43. The summed E-state index contributed by atoms with van der Waals surface area (Å²) in [5.41, 5.74) is 1.16. The fourth-order valence-electron chi connectivity index (χ4n) is 1.69. The monoisotopic (exact) mass is 263 g/mol. The molecule has 0 saturated heterocycles. The van der Waals surface area contributed by atoms with Gasteiger partial charge in [-0.15, -0.1) is 0 Å². The van der Waals surface area contributed by atoms with Crippen LogP contribution in [0.5, 0.6) is 0 Å². The summed E-state index contributed by atoms with van der Waals surface area (Å²) in [5.74, 6) is 0.932. The van der Waals surface area contributed by atoms with E-state index in [1.54, 1.807) is 22.8 Å². The van der Waals surface area contributed by atoms with Crippen LogP contribution in [0.4, 0.5) is 5.82 Å². The van der Waals surface area contributed by atoms with Gasteiger partial charge in [0.2, 0.25) is 0 Å². The van der Waals surface area contributed by atoms with Crippen LogP contribution in [0.25, 0.3) is 0 Å². The average molecular weight is 263 g/mol. The fourth-order valence-corrected chi connectivity index (χ4v) is 2.68. The third kappa shape index (κ3) is 2.81. The first kappa shape index (κ1) is 12.9. The minimum Gasteiger partial charge on any atom is -0.370 e. The third-order valence-corrected chi connectivity index (χ3v) is 3.49. The van der Waals surface area contributed by atoms with Gasteiger partial charge in [-0.1, -0.05) is 18.7 Å². The van der Waals surface area contributed by atoms with E-state index in [-0.39, 0.29) is 0 Å². The Morgan fingerprint density at radius 2 is 2.17 bits per heavy atom. The van der Waals surface area contributed by atoms with E-state index in [4.69, 9.17) is 0 Å².